The molecule has 1 atom stereocenters. The van der Waals surface area contributed by atoms with Gasteiger partial charge >= 0.3 is 12.1 Å². The minimum absolute atomic E-state index is 0.0191. The summed E-state index contributed by atoms with van der Waals surface area (Å²) in [4.78, 5) is 37.9. The second-order valence-corrected chi connectivity index (χ2v) is 5.71. The van der Waals surface area contributed by atoms with E-state index in [1.807, 2.05) is 30.3 Å². The van der Waals surface area contributed by atoms with E-state index in [0.29, 0.717) is 25.8 Å². The van der Waals surface area contributed by atoms with Crippen molar-refractivity contribution in [3.05, 3.63) is 35.9 Å². The van der Waals surface area contributed by atoms with Gasteiger partial charge in [0.1, 0.15) is 18.3 Å². The quantitative estimate of drug-likeness (QED) is 0.625. The molecule has 1 aliphatic heterocycles. The molecule has 1 aromatic carbocycles. The van der Waals surface area contributed by atoms with E-state index in [1.165, 1.54) is 4.90 Å². The van der Waals surface area contributed by atoms with Crippen LogP contribution in [0.15, 0.2) is 30.3 Å². The molecule has 1 saturated heterocycles. The number of ether oxygens (including phenoxy) is 2. The standard InChI is InChI=1S/C18H23NO5/c1-2-23-17(21)15-12-19(11-7-6-10-16(15)20)18(22)24-13-14-8-4-3-5-9-14/h3-5,8-9,15H,2,6-7,10-13H2,1H3. The van der Waals surface area contributed by atoms with Crippen LogP contribution < -0.4 is 0 Å². The van der Waals surface area contributed by atoms with Gasteiger partial charge in [-0.25, -0.2) is 4.79 Å². The first-order valence-corrected chi connectivity index (χ1v) is 8.26. The smallest absolute Gasteiger partial charge is 0.410 e. The minimum atomic E-state index is -0.922. The summed E-state index contributed by atoms with van der Waals surface area (Å²) in [6.45, 7) is 2.55. The van der Waals surface area contributed by atoms with Crippen molar-refractivity contribution < 1.29 is 23.9 Å². The Hall–Kier alpha value is -2.37. The largest absolute Gasteiger partial charge is 0.465 e. The van der Waals surface area contributed by atoms with Crippen LogP contribution in [0.25, 0.3) is 0 Å². The number of hydrogen-bond donors (Lipinski definition) is 0. The molecule has 1 amide bonds. The van der Waals surface area contributed by atoms with E-state index in [9.17, 15) is 14.4 Å². The Balaban J connectivity index is 1.99. The SMILES string of the molecule is CCOC(=O)C1CN(C(=O)OCc2ccccc2)CCCCC1=O. The van der Waals surface area contributed by atoms with E-state index in [1.54, 1.807) is 6.92 Å². The highest BCUT2D eigenvalue weighted by molar-refractivity contribution is 5.99. The van der Waals surface area contributed by atoms with Gasteiger partial charge in [0.05, 0.1) is 6.61 Å². The van der Waals surface area contributed by atoms with Crippen molar-refractivity contribution in [1.29, 1.82) is 0 Å². The Labute approximate surface area is 141 Å². The summed E-state index contributed by atoms with van der Waals surface area (Å²) in [6.07, 6.45) is 1.19. The van der Waals surface area contributed by atoms with Crippen LogP contribution in [0, 0.1) is 5.92 Å². The number of esters is 1. The van der Waals surface area contributed by atoms with Gasteiger partial charge in [-0.1, -0.05) is 30.3 Å². The predicted octanol–water partition coefficient (Wildman–Crippen LogP) is 2.56. The number of likely N-dealkylation sites (tertiary alicyclic amines) is 1. The zero-order valence-corrected chi connectivity index (χ0v) is 13.9. The molecule has 6 nitrogen and oxygen atoms in total. The Morgan fingerprint density at radius 2 is 1.92 bits per heavy atom. The van der Waals surface area contributed by atoms with Crippen LogP contribution in [0.1, 0.15) is 31.7 Å². The lowest BCUT2D eigenvalue weighted by Crippen LogP contribution is -2.43. The fourth-order valence-electron chi connectivity index (χ4n) is 2.61. The molecule has 1 fully saturated rings. The molecular weight excluding hydrogens is 310 g/mol. The summed E-state index contributed by atoms with van der Waals surface area (Å²) in [5, 5.41) is 0. The van der Waals surface area contributed by atoms with Gasteiger partial charge in [-0.2, -0.15) is 0 Å². The first-order chi connectivity index (χ1) is 11.6. The third-order valence-corrected chi connectivity index (χ3v) is 3.93. The van der Waals surface area contributed by atoms with Crippen LogP contribution in [0.3, 0.4) is 0 Å². The van der Waals surface area contributed by atoms with E-state index in [-0.39, 0.29) is 25.5 Å². The fraction of sp³-hybridized carbons (Fsp3) is 0.500. The van der Waals surface area contributed by atoms with Gasteiger partial charge < -0.3 is 14.4 Å². The van der Waals surface area contributed by atoms with Crippen molar-refractivity contribution in [2.75, 3.05) is 19.7 Å². The summed E-state index contributed by atoms with van der Waals surface area (Å²) in [7, 11) is 0. The molecule has 1 unspecified atom stereocenters. The Bertz CT molecular complexity index is 564. The van der Waals surface area contributed by atoms with Crippen molar-refractivity contribution in [2.24, 2.45) is 5.92 Å². The first kappa shape index (κ1) is 18.0. The van der Waals surface area contributed by atoms with Crippen molar-refractivity contribution >= 4 is 17.8 Å². The number of hydrogen-bond acceptors (Lipinski definition) is 5. The maximum absolute atomic E-state index is 12.3. The van der Waals surface area contributed by atoms with Gasteiger partial charge in [0, 0.05) is 19.5 Å². The second kappa shape index (κ2) is 9.05. The lowest BCUT2D eigenvalue weighted by atomic mass is 9.96. The van der Waals surface area contributed by atoms with E-state index in [0.717, 1.165) is 5.56 Å². The number of carbonyl (C=O) groups excluding carboxylic acids is 3. The molecule has 0 saturated carbocycles. The van der Waals surface area contributed by atoms with Gasteiger partial charge in [0.2, 0.25) is 0 Å². The molecule has 0 bridgehead atoms. The summed E-state index contributed by atoms with van der Waals surface area (Å²) in [5.74, 6) is -1.66. The summed E-state index contributed by atoms with van der Waals surface area (Å²) < 4.78 is 10.3. The summed E-state index contributed by atoms with van der Waals surface area (Å²) in [5.41, 5.74) is 0.885. The maximum Gasteiger partial charge on any atom is 0.410 e. The molecule has 0 aliphatic carbocycles. The summed E-state index contributed by atoms with van der Waals surface area (Å²) in [6, 6.07) is 9.36. The molecule has 1 aliphatic rings. The molecule has 0 N–H and O–H groups in total. The van der Waals surface area contributed by atoms with E-state index < -0.39 is 18.0 Å². The number of amides is 1. The molecule has 130 valence electrons. The van der Waals surface area contributed by atoms with Crippen molar-refractivity contribution in [3.63, 3.8) is 0 Å². The van der Waals surface area contributed by atoms with E-state index in [2.05, 4.69) is 0 Å². The van der Waals surface area contributed by atoms with Crippen LogP contribution in [-0.2, 0) is 25.7 Å². The number of benzene rings is 1. The molecule has 0 radical (unpaired) electrons. The number of nitrogens with zero attached hydrogens (tertiary/aromatic N) is 1. The zero-order chi connectivity index (χ0) is 17.4. The van der Waals surface area contributed by atoms with Gasteiger partial charge in [0.25, 0.3) is 0 Å². The molecule has 1 heterocycles. The Morgan fingerprint density at radius 3 is 2.62 bits per heavy atom. The van der Waals surface area contributed by atoms with Crippen molar-refractivity contribution in [1.82, 2.24) is 4.90 Å². The lowest BCUT2D eigenvalue weighted by Gasteiger charge is -2.27. The second-order valence-electron chi connectivity index (χ2n) is 5.71. The monoisotopic (exact) mass is 333 g/mol. The topological polar surface area (TPSA) is 72.9 Å². The van der Waals surface area contributed by atoms with Gasteiger partial charge in [0.15, 0.2) is 0 Å². The van der Waals surface area contributed by atoms with Gasteiger partial charge in [-0.3, -0.25) is 9.59 Å². The Kier molecular flexibility index (Phi) is 6.78. The maximum atomic E-state index is 12.3. The molecule has 2 rings (SSSR count). The predicted molar refractivity (Wildman–Crippen MR) is 87.2 cm³/mol. The van der Waals surface area contributed by atoms with Crippen LogP contribution in [0.4, 0.5) is 4.79 Å². The first-order valence-electron chi connectivity index (χ1n) is 8.26. The number of Topliss-reactive ketones (excluding diaryl/α,β-unsaturated/α-hetero) is 1. The average molecular weight is 333 g/mol. The molecule has 6 heteroatoms. The summed E-state index contributed by atoms with van der Waals surface area (Å²) >= 11 is 0. The van der Waals surface area contributed by atoms with Gasteiger partial charge in [-0.15, -0.1) is 0 Å². The fourth-order valence-corrected chi connectivity index (χ4v) is 2.61. The molecule has 0 spiro atoms. The van der Waals surface area contributed by atoms with E-state index in [4.69, 9.17) is 9.47 Å². The average Bonchev–Trinajstić information content (AvgIpc) is 2.57. The number of ketones is 1. The third kappa shape index (κ3) is 5.08. The molecular formula is C18H23NO5. The molecule has 0 aromatic heterocycles. The van der Waals surface area contributed by atoms with Crippen LogP contribution in [0.2, 0.25) is 0 Å². The molecule has 1 aromatic rings. The third-order valence-electron chi connectivity index (χ3n) is 3.93. The minimum Gasteiger partial charge on any atom is -0.465 e. The van der Waals surface area contributed by atoms with E-state index >= 15 is 0 Å². The van der Waals surface area contributed by atoms with Gasteiger partial charge in [-0.05, 0) is 25.3 Å². The lowest BCUT2D eigenvalue weighted by molar-refractivity contribution is -0.152. The number of rotatable bonds is 4. The van der Waals surface area contributed by atoms with Crippen molar-refractivity contribution in [3.8, 4) is 0 Å². The van der Waals surface area contributed by atoms with Crippen LogP contribution >= 0.6 is 0 Å². The zero-order valence-electron chi connectivity index (χ0n) is 13.9. The normalized spacial score (nSPS) is 18.5. The Morgan fingerprint density at radius 1 is 1.17 bits per heavy atom. The van der Waals surface area contributed by atoms with Crippen LogP contribution in [0.5, 0.6) is 0 Å². The molecule has 24 heavy (non-hydrogen) atoms. The highest BCUT2D eigenvalue weighted by atomic mass is 16.6. The van der Waals surface area contributed by atoms with Crippen molar-refractivity contribution in [2.45, 2.75) is 32.8 Å². The number of carbonyl (C=O) groups is 3. The highest BCUT2D eigenvalue weighted by Gasteiger charge is 2.33. The van der Waals surface area contributed by atoms with Crippen LogP contribution in [-0.4, -0.2) is 42.4 Å². The highest BCUT2D eigenvalue weighted by Crippen LogP contribution is 2.16.